The lowest BCUT2D eigenvalue weighted by Gasteiger charge is -2.33. The first kappa shape index (κ1) is 17.1. The number of thiazole rings is 1. The van der Waals surface area contributed by atoms with Gasteiger partial charge in [0.2, 0.25) is 0 Å². The molecule has 2 heterocycles. The van der Waals surface area contributed by atoms with Gasteiger partial charge in [0, 0.05) is 23.5 Å². The summed E-state index contributed by atoms with van der Waals surface area (Å²) in [6.07, 6.45) is 3.43. The van der Waals surface area contributed by atoms with Gasteiger partial charge in [-0.15, -0.1) is 11.3 Å². The lowest BCUT2D eigenvalue weighted by atomic mass is 10.0. The predicted molar refractivity (Wildman–Crippen MR) is 94.9 cm³/mol. The highest BCUT2D eigenvalue weighted by Gasteiger charge is 2.22. The van der Waals surface area contributed by atoms with Crippen molar-refractivity contribution in [1.82, 2.24) is 15.2 Å². The second-order valence-corrected chi connectivity index (χ2v) is 7.03. The Morgan fingerprint density at radius 2 is 2.17 bits per heavy atom. The monoisotopic (exact) mass is 345 g/mol. The number of hydrogen-bond acceptors (Lipinski definition) is 5. The quantitative estimate of drug-likeness (QED) is 0.844. The number of aromatic nitrogens is 1. The number of nitrogens with one attached hydrogen (secondary N) is 1. The van der Waals surface area contributed by atoms with Crippen molar-refractivity contribution in [1.29, 1.82) is 0 Å². The minimum absolute atomic E-state index is 0.0799. The first-order valence-corrected chi connectivity index (χ1v) is 9.25. The molecule has 1 fully saturated rings. The van der Waals surface area contributed by atoms with Crippen molar-refractivity contribution in [2.24, 2.45) is 0 Å². The van der Waals surface area contributed by atoms with Crippen LogP contribution in [0.2, 0.25) is 0 Å². The molecule has 1 aromatic carbocycles. The zero-order chi connectivity index (χ0) is 16.8. The van der Waals surface area contributed by atoms with Crippen LogP contribution in [0.1, 0.15) is 40.3 Å². The van der Waals surface area contributed by atoms with E-state index in [-0.39, 0.29) is 18.6 Å². The normalized spacial score (nSPS) is 18.5. The van der Waals surface area contributed by atoms with Crippen LogP contribution in [0, 0.1) is 0 Å². The second kappa shape index (κ2) is 8.37. The summed E-state index contributed by atoms with van der Waals surface area (Å²) in [4.78, 5) is 19.0. The Morgan fingerprint density at radius 1 is 1.33 bits per heavy atom. The van der Waals surface area contributed by atoms with E-state index in [1.54, 1.807) is 23.5 Å². The van der Waals surface area contributed by atoms with E-state index in [0.29, 0.717) is 12.1 Å². The molecule has 1 aromatic heterocycles. The summed E-state index contributed by atoms with van der Waals surface area (Å²) in [5.41, 5.74) is 1.68. The molecule has 1 aliphatic rings. The van der Waals surface area contributed by atoms with Gasteiger partial charge in [-0.25, -0.2) is 4.98 Å². The van der Waals surface area contributed by atoms with E-state index in [0.717, 1.165) is 30.2 Å². The number of piperidine rings is 1. The molecule has 0 bridgehead atoms. The third-order valence-electron chi connectivity index (χ3n) is 4.36. The highest BCUT2D eigenvalue weighted by molar-refractivity contribution is 7.09. The summed E-state index contributed by atoms with van der Waals surface area (Å²) < 4.78 is 0. The van der Waals surface area contributed by atoms with Gasteiger partial charge in [-0.1, -0.05) is 24.6 Å². The van der Waals surface area contributed by atoms with Gasteiger partial charge >= 0.3 is 0 Å². The number of hydrogen-bond donors (Lipinski definition) is 2. The Kier molecular flexibility index (Phi) is 5.96. The lowest BCUT2D eigenvalue weighted by molar-refractivity contribution is 0.0832. The summed E-state index contributed by atoms with van der Waals surface area (Å²) in [7, 11) is 0. The second-order valence-electron chi connectivity index (χ2n) is 6.08. The molecule has 5 nitrogen and oxygen atoms in total. The van der Waals surface area contributed by atoms with Gasteiger partial charge in [-0.2, -0.15) is 0 Å². The molecule has 1 saturated heterocycles. The van der Waals surface area contributed by atoms with Crippen molar-refractivity contribution in [3.63, 3.8) is 0 Å². The molecule has 128 valence electrons. The van der Waals surface area contributed by atoms with E-state index < -0.39 is 0 Å². The highest BCUT2D eigenvalue weighted by atomic mass is 32.1. The van der Waals surface area contributed by atoms with Crippen LogP contribution in [0.5, 0.6) is 0 Å². The Hall–Kier alpha value is -1.76. The standard InChI is InChI=1S/C18H23N3O2S/c22-12-16-8-4-5-9-21(16)11-15-13-24-17(20-15)10-19-18(23)14-6-2-1-3-7-14/h1-3,6-7,13,16,22H,4-5,8-12H2,(H,19,23). The fourth-order valence-corrected chi connectivity index (χ4v) is 3.76. The minimum Gasteiger partial charge on any atom is -0.395 e. The van der Waals surface area contributed by atoms with E-state index in [1.165, 1.54) is 12.8 Å². The third-order valence-corrected chi connectivity index (χ3v) is 5.26. The topological polar surface area (TPSA) is 65.5 Å². The molecule has 6 heteroatoms. The van der Waals surface area contributed by atoms with Crippen LogP contribution in [-0.2, 0) is 13.1 Å². The summed E-state index contributed by atoms with van der Waals surface area (Å²) in [6.45, 7) is 2.45. The number of benzene rings is 1. The van der Waals surface area contributed by atoms with E-state index in [4.69, 9.17) is 0 Å². The Balaban J connectivity index is 1.53. The Bertz CT molecular complexity index is 659. The number of likely N-dealkylation sites (tertiary alicyclic amines) is 1. The summed E-state index contributed by atoms with van der Waals surface area (Å²) >= 11 is 1.57. The molecular formula is C18H23N3O2S. The number of nitrogens with zero attached hydrogens (tertiary/aromatic N) is 2. The van der Waals surface area contributed by atoms with Crippen LogP contribution >= 0.6 is 11.3 Å². The molecule has 0 radical (unpaired) electrons. The van der Waals surface area contributed by atoms with E-state index in [9.17, 15) is 9.90 Å². The molecule has 2 N–H and O–H groups in total. The van der Waals surface area contributed by atoms with E-state index in [2.05, 4.69) is 15.2 Å². The van der Waals surface area contributed by atoms with E-state index >= 15 is 0 Å². The maximum absolute atomic E-state index is 12.1. The van der Waals surface area contributed by atoms with Crippen molar-refractivity contribution in [3.8, 4) is 0 Å². The number of rotatable bonds is 6. The zero-order valence-electron chi connectivity index (χ0n) is 13.6. The third kappa shape index (κ3) is 4.41. The minimum atomic E-state index is -0.0799. The predicted octanol–water partition coefficient (Wildman–Crippen LogP) is 2.42. The van der Waals surface area contributed by atoms with Crippen molar-refractivity contribution in [2.75, 3.05) is 13.2 Å². The number of aliphatic hydroxyl groups excluding tert-OH is 1. The maximum Gasteiger partial charge on any atom is 0.251 e. The molecule has 0 saturated carbocycles. The first-order valence-electron chi connectivity index (χ1n) is 8.37. The molecule has 3 rings (SSSR count). The molecule has 0 spiro atoms. The lowest BCUT2D eigenvalue weighted by Crippen LogP contribution is -2.41. The summed E-state index contributed by atoms with van der Waals surface area (Å²) in [5.74, 6) is -0.0799. The van der Waals surface area contributed by atoms with Crippen LogP contribution in [0.3, 0.4) is 0 Å². The first-order chi connectivity index (χ1) is 11.8. The van der Waals surface area contributed by atoms with Crippen LogP contribution < -0.4 is 5.32 Å². The number of aliphatic hydroxyl groups is 1. The highest BCUT2D eigenvalue weighted by Crippen LogP contribution is 2.20. The van der Waals surface area contributed by atoms with Crippen LogP contribution in [-0.4, -0.2) is 40.1 Å². The smallest absolute Gasteiger partial charge is 0.251 e. The van der Waals surface area contributed by atoms with Gasteiger partial charge < -0.3 is 10.4 Å². The molecule has 1 aliphatic heterocycles. The maximum atomic E-state index is 12.1. The fourth-order valence-electron chi connectivity index (χ4n) is 3.03. The van der Waals surface area contributed by atoms with Crippen molar-refractivity contribution >= 4 is 17.2 Å². The molecule has 1 amide bonds. The van der Waals surface area contributed by atoms with Gasteiger partial charge in [0.05, 0.1) is 18.8 Å². The SMILES string of the molecule is O=C(NCc1nc(CN2CCCCC2CO)cs1)c1ccccc1. The van der Waals surface area contributed by atoms with Crippen molar-refractivity contribution < 1.29 is 9.90 Å². The Labute approximate surface area is 146 Å². The number of carbonyl (C=O) groups is 1. The van der Waals surface area contributed by atoms with Crippen molar-refractivity contribution in [3.05, 3.63) is 52.0 Å². The summed E-state index contributed by atoms with van der Waals surface area (Å²) in [5, 5.41) is 15.4. The Morgan fingerprint density at radius 3 is 2.96 bits per heavy atom. The average Bonchev–Trinajstić information content (AvgIpc) is 3.08. The molecule has 1 unspecified atom stereocenters. The molecule has 24 heavy (non-hydrogen) atoms. The molecule has 0 aliphatic carbocycles. The van der Waals surface area contributed by atoms with Gasteiger partial charge in [0.1, 0.15) is 5.01 Å². The summed E-state index contributed by atoms with van der Waals surface area (Å²) in [6, 6.07) is 9.45. The molecule has 2 aromatic rings. The average molecular weight is 345 g/mol. The number of amides is 1. The van der Waals surface area contributed by atoms with Gasteiger partial charge in [-0.05, 0) is 31.5 Å². The van der Waals surface area contributed by atoms with Gasteiger partial charge in [0.25, 0.3) is 5.91 Å². The van der Waals surface area contributed by atoms with Crippen molar-refractivity contribution in [2.45, 2.75) is 38.4 Å². The zero-order valence-corrected chi connectivity index (χ0v) is 14.5. The fraction of sp³-hybridized carbons (Fsp3) is 0.444. The van der Waals surface area contributed by atoms with Crippen LogP contribution in [0.25, 0.3) is 0 Å². The molecular weight excluding hydrogens is 322 g/mol. The van der Waals surface area contributed by atoms with E-state index in [1.807, 2.05) is 23.6 Å². The molecule has 1 atom stereocenters. The largest absolute Gasteiger partial charge is 0.395 e. The van der Waals surface area contributed by atoms with Crippen LogP contribution in [0.4, 0.5) is 0 Å². The van der Waals surface area contributed by atoms with Gasteiger partial charge in [-0.3, -0.25) is 9.69 Å². The van der Waals surface area contributed by atoms with Crippen LogP contribution in [0.15, 0.2) is 35.7 Å². The number of carbonyl (C=O) groups excluding carboxylic acids is 1. The van der Waals surface area contributed by atoms with Gasteiger partial charge in [0.15, 0.2) is 0 Å².